The highest BCUT2D eigenvalue weighted by atomic mass is 19.1. The molecule has 104 valence electrons. The average molecular weight is 266 g/mol. The summed E-state index contributed by atoms with van der Waals surface area (Å²) in [5.74, 6) is -0.291. The first kappa shape index (κ1) is 14.0. The molecule has 1 heterocycles. The number of carbonyl (C=O) groups is 1. The molecule has 19 heavy (non-hydrogen) atoms. The third-order valence-electron chi connectivity index (χ3n) is 3.16. The zero-order valence-corrected chi connectivity index (χ0v) is 11.0. The molecule has 0 aromatic heterocycles. The lowest BCUT2D eigenvalue weighted by atomic mass is 10.1. The van der Waals surface area contributed by atoms with Gasteiger partial charge in [-0.15, -0.1) is 0 Å². The summed E-state index contributed by atoms with van der Waals surface area (Å²) in [4.78, 5) is 11.8. The standard InChI is InChI=1S/C14H19FN2O2/c1-10-8-11(2-3-12(10)15)4-5-17-14(18)13-9-16-6-7-19-13/h2-3,8,13,16H,4-7,9H2,1H3,(H,17,18). The number of hydrogen-bond donors (Lipinski definition) is 2. The molecule has 1 unspecified atom stereocenters. The quantitative estimate of drug-likeness (QED) is 0.847. The number of halogens is 1. The van der Waals surface area contributed by atoms with Crippen molar-refractivity contribution < 1.29 is 13.9 Å². The third-order valence-corrected chi connectivity index (χ3v) is 3.16. The van der Waals surface area contributed by atoms with Gasteiger partial charge in [0, 0.05) is 19.6 Å². The van der Waals surface area contributed by atoms with E-state index in [0.29, 0.717) is 31.7 Å². The first-order valence-corrected chi connectivity index (χ1v) is 6.52. The molecule has 1 saturated heterocycles. The van der Waals surface area contributed by atoms with Crippen LogP contribution < -0.4 is 10.6 Å². The molecule has 4 nitrogen and oxygen atoms in total. The Labute approximate surface area is 112 Å². The first-order valence-electron chi connectivity index (χ1n) is 6.52. The molecule has 1 amide bonds. The lowest BCUT2D eigenvalue weighted by molar-refractivity contribution is -0.134. The van der Waals surface area contributed by atoms with Crippen LogP contribution >= 0.6 is 0 Å². The van der Waals surface area contributed by atoms with Crippen LogP contribution in [0.25, 0.3) is 0 Å². The maximum absolute atomic E-state index is 13.1. The second-order valence-electron chi connectivity index (χ2n) is 4.69. The van der Waals surface area contributed by atoms with Gasteiger partial charge in [-0.3, -0.25) is 4.79 Å². The fourth-order valence-corrected chi connectivity index (χ4v) is 2.04. The van der Waals surface area contributed by atoms with Gasteiger partial charge in [-0.2, -0.15) is 0 Å². The molecule has 1 fully saturated rings. The summed E-state index contributed by atoms with van der Waals surface area (Å²) in [6, 6.07) is 5.01. The van der Waals surface area contributed by atoms with E-state index in [1.165, 1.54) is 6.07 Å². The Morgan fingerprint density at radius 3 is 3.11 bits per heavy atom. The molecule has 0 spiro atoms. The second kappa shape index (κ2) is 6.63. The van der Waals surface area contributed by atoms with Crippen molar-refractivity contribution in [3.05, 3.63) is 35.1 Å². The summed E-state index contributed by atoms with van der Waals surface area (Å²) in [5.41, 5.74) is 1.64. The van der Waals surface area contributed by atoms with Crippen LogP contribution in [0.4, 0.5) is 4.39 Å². The van der Waals surface area contributed by atoms with E-state index in [1.807, 2.05) is 0 Å². The van der Waals surface area contributed by atoms with Crippen molar-refractivity contribution in [3.8, 4) is 0 Å². The lowest BCUT2D eigenvalue weighted by Crippen LogP contribution is -2.48. The molecule has 1 aliphatic rings. The lowest BCUT2D eigenvalue weighted by Gasteiger charge is -2.22. The van der Waals surface area contributed by atoms with Crippen LogP contribution in [0.5, 0.6) is 0 Å². The maximum Gasteiger partial charge on any atom is 0.250 e. The minimum atomic E-state index is -0.399. The fourth-order valence-electron chi connectivity index (χ4n) is 2.04. The van der Waals surface area contributed by atoms with E-state index in [9.17, 15) is 9.18 Å². The zero-order valence-electron chi connectivity index (χ0n) is 11.0. The van der Waals surface area contributed by atoms with Gasteiger partial charge in [-0.1, -0.05) is 12.1 Å². The van der Waals surface area contributed by atoms with Gasteiger partial charge < -0.3 is 15.4 Å². The minimum Gasteiger partial charge on any atom is -0.366 e. The molecule has 1 aliphatic heterocycles. The Morgan fingerprint density at radius 2 is 2.42 bits per heavy atom. The van der Waals surface area contributed by atoms with E-state index in [0.717, 1.165) is 12.1 Å². The summed E-state index contributed by atoms with van der Waals surface area (Å²) >= 11 is 0. The average Bonchev–Trinajstić information content (AvgIpc) is 2.43. The summed E-state index contributed by atoms with van der Waals surface area (Å²) in [6.07, 6.45) is 0.288. The number of rotatable bonds is 4. The number of carbonyl (C=O) groups excluding carboxylic acids is 1. The van der Waals surface area contributed by atoms with Gasteiger partial charge in [0.25, 0.3) is 0 Å². The molecular weight excluding hydrogens is 247 g/mol. The van der Waals surface area contributed by atoms with E-state index < -0.39 is 6.10 Å². The van der Waals surface area contributed by atoms with Crippen molar-refractivity contribution in [3.63, 3.8) is 0 Å². The van der Waals surface area contributed by atoms with Gasteiger partial charge in [-0.25, -0.2) is 4.39 Å². The Morgan fingerprint density at radius 1 is 1.58 bits per heavy atom. The van der Waals surface area contributed by atoms with E-state index in [2.05, 4.69) is 10.6 Å². The molecule has 1 aromatic carbocycles. The molecule has 2 N–H and O–H groups in total. The number of benzene rings is 1. The number of hydrogen-bond acceptors (Lipinski definition) is 3. The predicted octanol–water partition coefficient (Wildman–Crippen LogP) is 0.781. The Bertz CT molecular complexity index is 445. The maximum atomic E-state index is 13.1. The Kier molecular flexibility index (Phi) is 4.87. The smallest absolute Gasteiger partial charge is 0.250 e. The van der Waals surface area contributed by atoms with Crippen molar-refractivity contribution >= 4 is 5.91 Å². The van der Waals surface area contributed by atoms with Crippen LogP contribution in [0.15, 0.2) is 18.2 Å². The third kappa shape index (κ3) is 4.01. The van der Waals surface area contributed by atoms with E-state index in [4.69, 9.17) is 4.74 Å². The van der Waals surface area contributed by atoms with Gasteiger partial charge in [0.1, 0.15) is 11.9 Å². The summed E-state index contributed by atoms with van der Waals surface area (Å²) in [5, 5.41) is 5.95. The van der Waals surface area contributed by atoms with E-state index in [-0.39, 0.29) is 11.7 Å². The highest BCUT2D eigenvalue weighted by Gasteiger charge is 2.20. The molecule has 0 radical (unpaired) electrons. The largest absolute Gasteiger partial charge is 0.366 e. The SMILES string of the molecule is Cc1cc(CCNC(=O)C2CNCCO2)ccc1F. The molecule has 0 aliphatic carbocycles. The van der Waals surface area contributed by atoms with Crippen LogP contribution in [-0.4, -0.2) is 38.3 Å². The molecule has 0 saturated carbocycles. The number of aryl methyl sites for hydroxylation is 1. The molecule has 5 heteroatoms. The monoisotopic (exact) mass is 266 g/mol. The van der Waals surface area contributed by atoms with E-state index >= 15 is 0 Å². The highest BCUT2D eigenvalue weighted by Crippen LogP contribution is 2.09. The zero-order chi connectivity index (χ0) is 13.7. The van der Waals surface area contributed by atoms with Crippen molar-refractivity contribution in [2.24, 2.45) is 0 Å². The van der Waals surface area contributed by atoms with Crippen LogP contribution in [0, 0.1) is 12.7 Å². The van der Waals surface area contributed by atoms with Gasteiger partial charge in [-0.05, 0) is 30.5 Å². The fraction of sp³-hybridized carbons (Fsp3) is 0.500. The van der Waals surface area contributed by atoms with Crippen LogP contribution in [0.1, 0.15) is 11.1 Å². The van der Waals surface area contributed by atoms with Crippen LogP contribution in [-0.2, 0) is 16.0 Å². The Hall–Kier alpha value is -1.46. The van der Waals surface area contributed by atoms with Gasteiger partial charge in [0.2, 0.25) is 5.91 Å². The topological polar surface area (TPSA) is 50.4 Å². The molecule has 1 aromatic rings. The molecule has 1 atom stereocenters. The number of ether oxygens (including phenoxy) is 1. The Balaban J connectivity index is 1.76. The summed E-state index contributed by atoms with van der Waals surface area (Å²) in [6.45, 7) is 4.18. The number of nitrogens with one attached hydrogen (secondary N) is 2. The number of amides is 1. The van der Waals surface area contributed by atoms with E-state index in [1.54, 1.807) is 19.1 Å². The normalized spacial score (nSPS) is 19.2. The molecule has 0 bridgehead atoms. The second-order valence-corrected chi connectivity index (χ2v) is 4.69. The van der Waals surface area contributed by atoms with Crippen molar-refractivity contribution in [2.75, 3.05) is 26.2 Å². The number of morpholine rings is 1. The predicted molar refractivity (Wildman–Crippen MR) is 70.5 cm³/mol. The summed E-state index contributed by atoms with van der Waals surface area (Å²) in [7, 11) is 0. The summed E-state index contributed by atoms with van der Waals surface area (Å²) < 4.78 is 18.5. The van der Waals surface area contributed by atoms with Gasteiger partial charge in [0.15, 0.2) is 0 Å². The van der Waals surface area contributed by atoms with Crippen LogP contribution in [0.2, 0.25) is 0 Å². The van der Waals surface area contributed by atoms with Gasteiger partial charge >= 0.3 is 0 Å². The van der Waals surface area contributed by atoms with Crippen molar-refractivity contribution in [1.82, 2.24) is 10.6 Å². The minimum absolute atomic E-state index is 0.0916. The first-order chi connectivity index (χ1) is 9.16. The highest BCUT2D eigenvalue weighted by molar-refractivity contribution is 5.81. The van der Waals surface area contributed by atoms with Crippen LogP contribution in [0.3, 0.4) is 0 Å². The molecule has 2 rings (SSSR count). The van der Waals surface area contributed by atoms with Gasteiger partial charge in [0.05, 0.1) is 6.61 Å². The molecular formula is C14H19FN2O2. The van der Waals surface area contributed by atoms with Crippen molar-refractivity contribution in [1.29, 1.82) is 0 Å². The van der Waals surface area contributed by atoms with Crippen molar-refractivity contribution in [2.45, 2.75) is 19.4 Å².